The third kappa shape index (κ3) is 2.55. The summed E-state index contributed by atoms with van der Waals surface area (Å²) >= 11 is 0. The van der Waals surface area contributed by atoms with Gasteiger partial charge in [-0.05, 0) is 19.0 Å². The van der Waals surface area contributed by atoms with Crippen LogP contribution in [0.2, 0.25) is 0 Å². The summed E-state index contributed by atoms with van der Waals surface area (Å²) in [4.78, 5) is 10.2. The Labute approximate surface area is 110 Å². The second kappa shape index (κ2) is 5.31. The van der Waals surface area contributed by atoms with Gasteiger partial charge in [0.1, 0.15) is 0 Å². The summed E-state index contributed by atoms with van der Waals surface area (Å²) in [7, 11) is 0. The number of anilines is 1. The smallest absolute Gasteiger partial charge is 0.245 e. The lowest BCUT2D eigenvalue weighted by Crippen LogP contribution is -2.28. The molecule has 2 aromatic heterocycles. The van der Waals surface area contributed by atoms with Crippen molar-refractivity contribution in [3.63, 3.8) is 0 Å². The molecule has 1 fully saturated rings. The highest BCUT2D eigenvalue weighted by Gasteiger charge is 2.16. The van der Waals surface area contributed by atoms with E-state index in [-0.39, 0.29) is 0 Å². The van der Waals surface area contributed by atoms with E-state index in [9.17, 15) is 4.39 Å². The standard InChI is InChI=1S/C12H15FN6/c13-10-8-15-4-2-9(10)11-16-12(18-17-11)19-6-1-3-14-5-7-19/h2,4,8,14H,1,3,5-7H2,(H,16,17,18). The number of pyridine rings is 1. The quantitative estimate of drug-likeness (QED) is 0.838. The molecule has 0 aliphatic carbocycles. The number of aromatic nitrogens is 4. The van der Waals surface area contributed by atoms with Crippen LogP contribution in [-0.2, 0) is 0 Å². The van der Waals surface area contributed by atoms with Crippen LogP contribution in [0.5, 0.6) is 0 Å². The molecule has 1 saturated heterocycles. The lowest BCUT2D eigenvalue weighted by atomic mass is 10.2. The van der Waals surface area contributed by atoms with Crippen LogP contribution in [0.15, 0.2) is 18.5 Å². The summed E-state index contributed by atoms with van der Waals surface area (Å²) < 4.78 is 13.6. The Morgan fingerprint density at radius 2 is 2.21 bits per heavy atom. The summed E-state index contributed by atoms with van der Waals surface area (Å²) in [5.74, 6) is 0.657. The maximum atomic E-state index is 13.6. The van der Waals surface area contributed by atoms with Crippen LogP contribution in [0.1, 0.15) is 6.42 Å². The number of hydrogen-bond donors (Lipinski definition) is 2. The molecule has 100 valence electrons. The van der Waals surface area contributed by atoms with Gasteiger partial charge in [-0.25, -0.2) is 4.39 Å². The van der Waals surface area contributed by atoms with Gasteiger partial charge in [0.2, 0.25) is 5.95 Å². The molecule has 3 heterocycles. The minimum absolute atomic E-state index is 0.390. The Morgan fingerprint density at radius 1 is 1.26 bits per heavy atom. The largest absolute Gasteiger partial charge is 0.338 e. The maximum Gasteiger partial charge on any atom is 0.245 e. The Bertz CT molecular complexity index is 547. The van der Waals surface area contributed by atoms with Gasteiger partial charge in [-0.2, -0.15) is 4.98 Å². The van der Waals surface area contributed by atoms with Crippen LogP contribution in [0.4, 0.5) is 10.3 Å². The zero-order valence-electron chi connectivity index (χ0n) is 10.4. The van der Waals surface area contributed by atoms with Gasteiger partial charge in [-0.3, -0.25) is 10.1 Å². The molecule has 0 radical (unpaired) electrons. The van der Waals surface area contributed by atoms with Gasteiger partial charge in [0.25, 0.3) is 0 Å². The van der Waals surface area contributed by atoms with Crippen LogP contribution in [0.3, 0.4) is 0 Å². The first-order valence-electron chi connectivity index (χ1n) is 6.32. The average molecular weight is 262 g/mol. The first-order chi connectivity index (χ1) is 9.34. The van der Waals surface area contributed by atoms with E-state index in [1.807, 2.05) is 0 Å². The van der Waals surface area contributed by atoms with Crippen LogP contribution >= 0.6 is 0 Å². The molecular formula is C12H15FN6. The molecule has 2 aromatic rings. The van der Waals surface area contributed by atoms with E-state index in [1.165, 1.54) is 12.4 Å². The number of nitrogens with one attached hydrogen (secondary N) is 2. The SMILES string of the molecule is Fc1cnccc1-c1nc(N2CCCNCC2)n[nH]1. The molecule has 2 N–H and O–H groups in total. The summed E-state index contributed by atoms with van der Waals surface area (Å²) in [6.45, 7) is 3.68. The molecule has 0 amide bonds. The lowest BCUT2D eigenvalue weighted by Gasteiger charge is -2.16. The van der Waals surface area contributed by atoms with Crippen molar-refractivity contribution in [2.75, 3.05) is 31.1 Å². The van der Waals surface area contributed by atoms with Gasteiger partial charge in [0.05, 0.1) is 11.8 Å². The normalized spacial score (nSPS) is 16.4. The molecule has 0 unspecified atom stereocenters. The first kappa shape index (κ1) is 12.0. The van der Waals surface area contributed by atoms with E-state index in [1.54, 1.807) is 6.07 Å². The highest BCUT2D eigenvalue weighted by Crippen LogP contribution is 2.20. The fraction of sp³-hybridized carbons (Fsp3) is 0.417. The monoisotopic (exact) mass is 262 g/mol. The Morgan fingerprint density at radius 3 is 3.11 bits per heavy atom. The van der Waals surface area contributed by atoms with Crippen LogP contribution in [0.25, 0.3) is 11.4 Å². The molecule has 0 aromatic carbocycles. The Hall–Kier alpha value is -2.02. The van der Waals surface area contributed by atoms with Crippen molar-refractivity contribution in [3.05, 3.63) is 24.3 Å². The van der Waals surface area contributed by atoms with Crippen molar-refractivity contribution >= 4 is 5.95 Å². The van der Waals surface area contributed by atoms with Crippen molar-refractivity contribution < 1.29 is 4.39 Å². The van der Waals surface area contributed by atoms with Crippen LogP contribution < -0.4 is 10.2 Å². The van der Waals surface area contributed by atoms with E-state index in [0.29, 0.717) is 17.3 Å². The summed E-state index contributed by atoms with van der Waals surface area (Å²) in [5, 5.41) is 10.3. The zero-order valence-corrected chi connectivity index (χ0v) is 10.4. The molecule has 0 bridgehead atoms. The van der Waals surface area contributed by atoms with E-state index in [0.717, 1.165) is 32.6 Å². The fourth-order valence-electron chi connectivity index (χ4n) is 2.13. The van der Waals surface area contributed by atoms with E-state index < -0.39 is 5.82 Å². The maximum absolute atomic E-state index is 13.6. The van der Waals surface area contributed by atoms with Gasteiger partial charge in [0, 0.05) is 25.8 Å². The van der Waals surface area contributed by atoms with Gasteiger partial charge < -0.3 is 10.2 Å². The third-order valence-electron chi connectivity index (χ3n) is 3.12. The molecular weight excluding hydrogens is 247 g/mol. The molecule has 0 atom stereocenters. The lowest BCUT2D eigenvalue weighted by molar-refractivity contribution is 0.623. The predicted molar refractivity (Wildman–Crippen MR) is 69.3 cm³/mol. The number of aromatic amines is 1. The number of nitrogens with zero attached hydrogens (tertiary/aromatic N) is 4. The number of hydrogen-bond acceptors (Lipinski definition) is 5. The number of halogens is 1. The molecule has 19 heavy (non-hydrogen) atoms. The zero-order chi connectivity index (χ0) is 13.1. The molecule has 1 aliphatic heterocycles. The highest BCUT2D eigenvalue weighted by atomic mass is 19.1. The highest BCUT2D eigenvalue weighted by molar-refractivity contribution is 5.56. The van der Waals surface area contributed by atoms with Gasteiger partial charge in [-0.15, -0.1) is 5.10 Å². The van der Waals surface area contributed by atoms with Crippen molar-refractivity contribution in [3.8, 4) is 11.4 Å². The molecule has 1 aliphatic rings. The van der Waals surface area contributed by atoms with Gasteiger partial charge in [-0.1, -0.05) is 0 Å². The van der Waals surface area contributed by atoms with Crippen molar-refractivity contribution in [2.45, 2.75) is 6.42 Å². The summed E-state index contributed by atoms with van der Waals surface area (Å²) in [6, 6.07) is 1.59. The Kier molecular flexibility index (Phi) is 3.37. The minimum atomic E-state index is -0.400. The summed E-state index contributed by atoms with van der Waals surface area (Å²) in [6.07, 6.45) is 3.76. The van der Waals surface area contributed by atoms with E-state index in [4.69, 9.17) is 0 Å². The van der Waals surface area contributed by atoms with Crippen molar-refractivity contribution in [2.24, 2.45) is 0 Å². The average Bonchev–Trinajstić information content (AvgIpc) is 2.75. The second-order valence-electron chi connectivity index (χ2n) is 4.43. The van der Waals surface area contributed by atoms with Gasteiger partial charge >= 0.3 is 0 Å². The number of H-pyrrole nitrogens is 1. The third-order valence-corrected chi connectivity index (χ3v) is 3.12. The first-order valence-corrected chi connectivity index (χ1v) is 6.32. The molecule has 7 heteroatoms. The van der Waals surface area contributed by atoms with Crippen molar-refractivity contribution in [1.82, 2.24) is 25.5 Å². The van der Waals surface area contributed by atoms with Crippen LogP contribution in [-0.4, -0.2) is 46.3 Å². The predicted octanol–water partition coefficient (Wildman–Crippen LogP) is 0.805. The summed E-state index contributed by atoms with van der Waals surface area (Å²) in [5.41, 5.74) is 0.390. The molecule has 6 nitrogen and oxygen atoms in total. The van der Waals surface area contributed by atoms with E-state index in [2.05, 4.69) is 30.4 Å². The molecule has 3 rings (SSSR count). The van der Waals surface area contributed by atoms with E-state index >= 15 is 0 Å². The fourth-order valence-corrected chi connectivity index (χ4v) is 2.13. The second-order valence-corrected chi connectivity index (χ2v) is 4.43. The number of rotatable bonds is 2. The van der Waals surface area contributed by atoms with Crippen LogP contribution in [0, 0.1) is 5.82 Å². The Balaban J connectivity index is 1.85. The molecule has 0 spiro atoms. The minimum Gasteiger partial charge on any atom is -0.338 e. The topological polar surface area (TPSA) is 69.7 Å². The van der Waals surface area contributed by atoms with Crippen molar-refractivity contribution in [1.29, 1.82) is 0 Å². The van der Waals surface area contributed by atoms with Gasteiger partial charge in [0.15, 0.2) is 11.6 Å². The molecule has 0 saturated carbocycles.